The topological polar surface area (TPSA) is 63.6 Å². The normalized spacial score (nSPS) is 14.4. The fourth-order valence-electron chi connectivity index (χ4n) is 0.946. The molecule has 0 aliphatic heterocycles. The fraction of sp³-hybridized carbons (Fsp3) is 0.222. The van der Waals surface area contributed by atoms with Gasteiger partial charge in [-0.2, -0.15) is 0 Å². The van der Waals surface area contributed by atoms with Crippen molar-refractivity contribution < 1.29 is 19.0 Å². The van der Waals surface area contributed by atoms with Crippen molar-refractivity contribution in [3.8, 4) is 0 Å². The molecular formula is C9H11O4P. The van der Waals surface area contributed by atoms with Gasteiger partial charge in [0.05, 0.1) is 6.61 Å². The van der Waals surface area contributed by atoms with E-state index >= 15 is 0 Å². The van der Waals surface area contributed by atoms with Crippen LogP contribution in [-0.4, -0.2) is 17.2 Å². The number of hydrogen-bond acceptors (Lipinski definition) is 3. The van der Waals surface area contributed by atoms with Crippen LogP contribution in [0.5, 0.6) is 0 Å². The molecule has 0 heterocycles. The van der Waals surface area contributed by atoms with Crippen molar-refractivity contribution in [1.29, 1.82) is 0 Å². The standard InChI is InChI=1S/C9H11O4P/c1-2-13-9(10)14(11,12)8-6-4-3-5-7-8/h3-7H,2H2,1H3,(H,11,12). The van der Waals surface area contributed by atoms with Crippen LogP contribution in [0.3, 0.4) is 0 Å². The molecule has 0 aliphatic rings. The third-order valence-electron chi connectivity index (χ3n) is 1.62. The van der Waals surface area contributed by atoms with Gasteiger partial charge in [0.2, 0.25) is 0 Å². The minimum atomic E-state index is -4.01. The number of rotatable bonds is 3. The molecule has 14 heavy (non-hydrogen) atoms. The second-order valence-corrected chi connectivity index (χ2v) is 4.64. The Morgan fingerprint density at radius 2 is 2.00 bits per heavy atom. The second kappa shape index (κ2) is 4.40. The number of hydrogen-bond donors (Lipinski definition) is 1. The fourth-order valence-corrected chi connectivity index (χ4v) is 2.04. The van der Waals surface area contributed by atoms with Crippen molar-refractivity contribution in [1.82, 2.24) is 0 Å². The summed E-state index contributed by atoms with van der Waals surface area (Å²) in [5.74, 6) is 0. The minimum absolute atomic E-state index is 0.0935. The van der Waals surface area contributed by atoms with E-state index in [9.17, 15) is 14.3 Å². The summed E-state index contributed by atoms with van der Waals surface area (Å²) in [7, 11) is -4.01. The van der Waals surface area contributed by atoms with Gasteiger partial charge in [-0.05, 0) is 19.1 Å². The highest BCUT2D eigenvalue weighted by atomic mass is 31.2. The Hall–Kier alpha value is -1.12. The summed E-state index contributed by atoms with van der Waals surface area (Å²) >= 11 is 0. The molecule has 0 saturated carbocycles. The van der Waals surface area contributed by atoms with Gasteiger partial charge in [-0.25, -0.2) is 4.79 Å². The van der Waals surface area contributed by atoms with E-state index in [1.807, 2.05) is 0 Å². The first-order valence-corrected chi connectivity index (χ1v) is 5.80. The van der Waals surface area contributed by atoms with Crippen LogP contribution >= 0.6 is 7.37 Å². The molecule has 0 aromatic heterocycles. The van der Waals surface area contributed by atoms with Crippen LogP contribution in [0.25, 0.3) is 0 Å². The highest BCUT2D eigenvalue weighted by Crippen LogP contribution is 2.41. The molecule has 1 rings (SSSR count). The zero-order valence-corrected chi connectivity index (χ0v) is 8.61. The molecule has 76 valence electrons. The Morgan fingerprint density at radius 3 is 2.50 bits per heavy atom. The molecule has 0 aliphatic carbocycles. The lowest BCUT2D eigenvalue weighted by molar-refractivity contribution is 0.175. The van der Waals surface area contributed by atoms with Gasteiger partial charge in [0.15, 0.2) is 0 Å². The lowest BCUT2D eigenvalue weighted by atomic mass is 10.4. The zero-order chi connectivity index (χ0) is 10.6. The van der Waals surface area contributed by atoms with Crippen LogP contribution in [0.4, 0.5) is 4.79 Å². The molecule has 1 unspecified atom stereocenters. The lowest BCUT2D eigenvalue weighted by Gasteiger charge is -2.09. The summed E-state index contributed by atoms with van der Waals surface area (Å²) in [4.78, 5) is 20.6. The van der Waals surface area contributed by atoms with E-state index in [4.69, 9.17) is 0 Å². The van der Waals surface area contributed by atoms with Gasteiger partial charge in [0.1, 0.15) is 0 Å². The zero-order valence-electron chi connectivity index (χ0n) is 7.71. The number of benzene rings is 1. The molecule has 1 N–H and O–H groups in total. The van der Waals surface area contributed by atoms with Crippen molar-refractivity contribution in [2.75, 3.05) is 6.61 Å². The molecule has 0 bridgehead atoms. The SMILES string of the molecule is CCOC(=O)P(=O)(O)c1ccccc1. The molecule has 1 aromatic rings. The van der Waals surface area contributed by atoms with Gasteiger partial charge in [0.25, 0.3) is 0 Å². The summed E-state index contributed by atoms with van der Waals surface area (Å²) in [6, 6.07) is 7.75. The van der Waals surface area contributed by atoms with Gasteiger partial charge in [0, 0.05) is 5.30 Å². The Labute approximate surface area is 82.0 Å². The van der Waals surface area contributed by atoms with Crippen molar-refractivity contribution in [3.63, 3.8) is 0 Å². The molecule has 0 saturated heterocycles. The van der Waals surface area contributed by atoms with E-state index in [1.165, 1.54) is 12.1 Å². The Bertz CT molecular complexity index is 360. The van der Waals surface area contributed by atoms with Crippen LogP contribution in [0.1, 0.15) is 6.92 Å². The number of ether oxygens (including phenoxy) is 1. The van der Waals surface area contributed by atoms with Gasteiger partial charge in [-0.3, -0.25) is 4.57 Å². The van der Waals surface area contributed by atoms with E-state index in [0.29, 0.717) is 0 Å². The van der Waals surface area contributed by atoms with Gasteiger partial charge in [-0.15, -0.1) is 0 Å². The van der Waals surface area contributed by atoms with Crippen LogP contribution in [0.15, 0.2) is 30.3 Å². The predicted octanol–water partition coefficient (Wildman–Crippen LogP) is 1.74. The van der Waals surface area contributed by atoms with Gasteiger partial charge in [-0.1, -0.05) is 18.2 Å². The molecule has 0 spiro atoms. The quantitative estimate of drug-likeness (QED) is 0.778. The Kier molecular flexibility index (Phi) is 3.44. The number of carbonyl (C=O) groups is 1. The minimum Gasteiger partial charge on any atom is -0.459 e. The largest absolute Gasteiger partial charge is 0.459 e. The Morgan fingerprint density at radius 1 is 1.43 bits per heavy atom. The number of carbonyl (C=O) groups excluding carboxylic acids is 1. The monoisotopic (exact) mass is 214 g/mol. The summed E-state index contributed by atoms with van der Waals surface area (Å²) < 4.78 is 16.1. The van der Waals surface area contributed by atoms with Crippen molar-refractivity contribution in [3.05, 3.63) is 30.3 Å². The van der Waals surface area contributed by atoms with Crippen molar-refractivity contribution >= 4 is 18.4 Å². The van der Waals surface area contributed by atoms with E-state index in [2.05, 4.69) is 4.74 Å². The summed E-state index contributed by atoms with van der Waals surface area (Å²) in [6.07, 6.45) is 0. The smallest absolute Gasteiger partial charge is 0.396 e. The van der Waals surface area contributed by atoms with Crippen molar-refractivity contribution in [2.45, 2.75) is 6.92 Å². The molecule has 0 amide bonds. The molecule has 5 heteroatoms. The maximum atomic E-state index is 11.6. The second-order valence-electron chi connectivity index (χ2n) is 2.61. The summed E-state index contributed by atoms with van der Waals surface area (Å²) in [6.45, 7) is 1.68. The molecule has 0 radical (unpaired) electrons. The highest BCUT2D eigenvalue weighted by molar-refractivity contribution is 7.81. The van der Waals surface area contributed by atoms with Crippen LogP contribution in [-0.2, 0) is 9.30 Å². The average molecular weight is 214 g/mol. The molecule has 0 fully saturated rings. The maximum Gasteiger partial charge on any atom is 0.396 e. The first-order valence-electron chi connectivity index (χ1n) is 4.14. The lowest BCUT2D eigenvalue weighted by Crippen LogP contribution is -2.13. The van der Waals surface area contributed by atoms with E-state index < -0.39 is 13.1 Å². The predicted molar refractivity (Wildman–Crippen MR) is 52.9 cm³/mol. The first-order chi connectivity index (χ1) is 6.59. The van der Waals surface area contributed by atoms with E-state index in [1.54, 1.807) is 25.1 Å². The molecule has 4 nitrogen and oxygen atoms in total. The maximum absolute atomic E-state index is 11.6. The summed E-state index contributed by atoms with van der Waals surface area (Å²) in [5.41, 5.74) is -1.06. The molecular weight excluding hydrogens is 203 g/mol. The third-order valence-corrected chi connectivity index (χ3v) is 3.24. The van der Waals surface area contributed by atoms with Crippen LogP contribution in [0.2, 0.25) is 0 Å². The summed E-state index contributed by atoms with van der Waals surface area (Å²) in [5, 5.41) is 0.0958. The Balaban J connectivity index is 2.97. The highest BCUT2D eigenvalue weighted by Gasteiger charge is 2.32. The molecule has 1 aromatic carbocycles. The van der Waals surface area contributed by atoms with Crippen LogP contribution in [0, 0.1) is 0 Å². The first kappa shape index (κ1) is 11.0. The van der Waals surface area contributed by atoms with E-state index in [0.717, 1.165) is 0 Å². The van der Waals surface area contributed by atoms with E-state index in [-0.39, 0.29) is 11.9 Å². The average Bonchev–Trinajstić information content (AvgIpc) is 2.19. The van der Waals surface area contributed by atoms with Crippen molar-refractivity contribution in [2.24, 2.45) is 0 Å². The molecule has 1 atom stereocenters. The van der Waals surface area contributed by atoms with Gasteiger partial charge < -0.3 is 9.63 Å². The third kappa shape index (κ3) is 2.22. The van der Waals surface area contributed by atoms with Gasteiger partial charge >= 0.3 is 13.1 Å². The van der Waals surface area contributed by atoms with Crippen LogP contribution < -0.4 is 5.30 Å².